The predicted octanol–water partition coefficient (Wildman–Crippen LogP) is 5.28. The first-order valence-electron chi connectivity index (χ1n) is 7.27. The summed E-state index contributed by atoms with van der Waals surface area (Å²) in [4.78, 5) is 4.40. The molecule has 0 fully saturated rings. The second-order valence-corrected chi connectivity index (χ2v) is 6.21. The Morgan fingerprint density at radius 3 is 2.58 bits per heavy atom. The fourth-order valence-corrected chi connectivity index (χ4v) is 2.87. The Bertz CT molecular complexity index is 859. The van der Waals surface area contributed by atoms with Gasteiger partial charge in [0.1, 0.15) is 0 Å². The molecule has 0 saturated heterocycles. The van der Waals surface area contributed by atoms with Crippen molar-refractivity contribution in [3.05, 3.63) is 63.8 Å². The fraction of sp³-hybridized carbons (Fsp3) is 0.118. The van der Waals surface area contributed by atoms with Gasteiger partial charge in [-0.05, 0) is 49.2 Å². The minimum Gasteiger partial charge on any atom is -0.337 e. The molecule has 0 saturated carbocycles. The first-order chi connectivity index (χ1) is 11.5. The summed E-state index contributed by atoms with van der Waals surface area (Å²) in [5.41, 5.74) is 3.72. The Kier molecular flexibility index (Phi) is 4.83. The molecule has 0 unspecified atom stereocenters. The maximum atomic E-state index is 6.32. The number of anilines is 4. The number of benzene rings is 2. The third-order valence-corrected chi connectivity index (χ3v) is 3.86. The van der Waals surface area contributed by atoms with Crippen molar-refractivity contribution in [1.82, 2.24) is 15.2 Å². The molecule has 0 aliphatic heterocycles. The van der Waals surface area contributed by atoms with Crippen molar-refractivity contribution in [3.8, 4) is 0 Å². The molecular weight excluding hydrogens is 345 g/mol. The molecule has 0 aliphatic rings. The Morgan fingerprint density at radius 2 is 1.83 bits per heavy atom. The fourth-order valence-electron chi connectivity index (χ4n) is 2.31. The number of hydrogen-bond acceptors (Lipinski definition) is 5. The highest BCUT2D eigenvalue weighted by Gasteiger charge is 2.08. The van der Waals surface area contributed by atoms with Gasteiger partial charge >= 0.3 is 0 Å². The number of aromatic nitrogens is 3. The lowest BCUT2D eigenvalue weighted by molar-refractivity contribution is 0.982. The Balaban J connectivity index is 1.83. The molecule has 1 aromatic heterocycles. The van der Waals surface area contributed by atoms with Crippen molar-refractivity contribution in [2.45, 2.75) is 13.8 Å². The topological polar surface area (TPSA) is 62.7 Å². The highest BCUT2D eigenvalue weighted by Crippen LogP contribution is 2.29. The zero-order chi connectivity index (χ0) is 17.1. The van der Waals surface area contributed by atoms with Crippen LogP contribution in [-0.2, 0) is 0 Å². The minimum atomic E-state index is 0.364. The van der Waals surface area contributed by atoms with Crippen molar-refractivity contribution in [2.75, 3.05) is 10.6 Å². The van der Waals surface area contributed by atoms with E-state index in [2.05, 4.69) is 25.8 Å². The monoisotopic (exact) mass is 359 g/mol. The van der Waals surface area contributed by atoms with E-state index in [-0.39, 0.29) is 0 Å². The largest absolute Gasteiger partial charge is 0.337 e. The van der Waals surface area contributed by atoms with Crippen molar-refractivity contribution in [2.24, 2.45) is 0 Å². The number of hydrogen-bond donors (Lipinski definition) is 2. The van der Waals surface area contributed by atoms with Crippen LogP contribution in [0.15, 0.2) is 42.6 Å². The molecule has 0 spiro atoms. The molecule has 5 nitrogen and oxygen atoms in total. The number of halogens is 2. The van der Waals surface area contributed by atoms with Gasteiger partial charge in [0.2, 0.25) is 5.95 Å². The summed E-state index contributed by atoms with van der Waals surface area (Å²) in [5, 5.41) is 15.5. The molecule has 0 radical (unpaired) electrons. The Morgan fingerprint density at radius 1 is 1.00 bits per heavy atom. The highest BCUT2D eigenvalue weighted by molar-refractivity contribution is 6.33. The second-order valence-electron chi connectivity index (χ2n) is 5.36. The van der Waals surface area contributed by atoms with Crippen LogP contribution in [0.2, 0.25) is 10.0 Å². The van der Waals surface area contributed by atoms with Gasteiger partial charge in [-0.3, -0.25) is 0 Å². The molecule has 24 heavy (non-hydrogen) atoms. The summed E-state index contributed by atoms with van der Waals surface area (Å²) in [6.45, 7) is 3.99. The van der Waals surface area contributed by atoms with Gasteiger partial charge in [-0.1, -0.05) is 35.3 Å². The van der Waals surface area contributed by atoms with Gasteiger partial charge in [-0.15, -0.1) is 5.10 Å². The van der Waals surface area contributed by atoms with Crippen LogP contribution in [-0.4, -0.2) is 15.2 Å². The number of nitrogens with zero attached hydrogens (tertiary/aromatic N) is 3. The van der Waals surface area contributed by atoms with Crippen LogP contribution >= 0.6 is 23.2 Å². The first-order valence-corrected chi connectivity index (χ1v) is 8.03. The van der Waals surface area contributed by atoms with E-state index in [4.69, 9.17) is 23.2 Å². The highest BCUT2D eigenvalue weighted by atomic mass is 35.5. The second kappa shape index (κ2) is 7.03. The van der Waals surface area contributed by atoms with Crippen LogP contribution < -0.4 is 10.6 Å². The molecular formula is C17H15Cl2N5. The van der Waals surface area contributed by atoms with Crippen LogP contribution in [0.4, 0.5) is 23.1 Å². The van der Waals surface area contributed by atoms with Gasteiger partial charge in [0.15, 0.2) is 5.82 Å². The molecule has 122 valence electrons. The van der Waals surface area contributed by atoms with E-state index in [1.807, 2.05) is 38.1 Å². The first kappa shape index (κ1) is 16.5. The lowest BCUT2D eigenvalue weighted by Crippen LogP contribution is -2.03. The van der Waals surface area contributed by atoms with Crippen LogP contribution in [0.1, 0.15) is 11.1 Å². The van der Waals surface area contributed by atoms with Crippen molar-refractivity contribution in [1.29, 1.82) is 0 Å². The summed E-state index contributed by atoms with van der Waals surface area (Å²) >= 11 is 12.3. The summed E-state index contributed by atoms with van der Waals surface area (Å²) in [6, 6.07) is 11.2. The van der Waals surface area contributed by atoms with Gasteiger partial charge in [-0.2, -0.15) is 10.1 Å². The van der Waals surface area contributed by atoms with Gasteiger partial charge < -0.3 is 10.6 Å². The summed E-state index contributed by atoms with van der Waals surface area (Å²) in [5.74, 6) is 0.909. The van der Waals surface area contributed by atoms with Crippen LogP contribution in [0.25, 0.3) is 0 Å². The minimum absolute atomic E-state index is 0.364. The van der Waals surface area contributed by atoms with E-state index < -0.39 is 0 Å². The zero-order valence-electron chi connectivity index (χ0n) is 13.1. The molecule has 3 aromatic rings. The normalized spacial score (nSPS) is 10.5. The zero-order valence-corrected chi connectivity index (χ0v) is 14.7. The van der Waals surface area contributed by atoms with Crippen molar-refractivity contribution in [3.63, 3.8) is 0 Å². The molecule has 7 heteroatoms. The Labute approximate surface area is 150 Å². The van der Waals surface area contributed by atoms with Crippen LogP contribution in [0.3, 0.4) is 0 Å². The summed E-state index contributed by atoms with van der Waals surface area (Å²) in [6.07, 6.45) is 1.54. The molecule has 2 N–H and O–H groups in total. The SMILES string of the molecule is Cc1cc(C)c(Nc2cnnc(Nc3cccc(Cl)c3)n2)c(Cl)c1. The van der Waals surface area contributed by atoms with E-state index >= 15 is 0 Å². The molecule has 0 bridgehead atoms. The van der Waals surface area contributed by atoms with Crippen LogP contribution in [0.5, 0.6) is 0 Å². The number of rotatable bonds is 4. The van der Waals surface area contributed by atoms with Crippen molar-refractivity contribution >= 4 is 46.3 Å². The van der Waals surface area contributed by atoms with Gasteiger partial charge in [-0.25, -0.2) is 0 Å². The lowest BCUT2D eigenvalue weighted by Gasteiger charge is -2.12. The molecule has 1 heterocycles. The Hall–Kier alpha value is -2.37. The smallest absolute Gasteiger partial charge is 0.249 e. The van der Waals surface area contributed by atoms with Gasteiger partial charge in [0, 0.05) is 10.7 Å². The number of nitrogens with one attached hydrogen (secondary N) is 2. The molecule has 3 rings (SSSR count). The average Bonchev–Trinajstić information content (AvgIpc) is 2.51. The van der Waals surface area contributed by atoms with E-state index in [1.54, 1.807) is 18.3 Å². The maximum Gasteiger partial charge on any atom is 0.249 e. The van der Waals surface area contributed by atoms with E-state index in [9.17, 15) is 0 Å². The number of aryl methyl sites for hydroxylation is 2. The summed E-state index contributed by atoms with van der Waals surface area (Å²) in [7, 11) is 0. The standard InChI is InChI=1S/C17H15Cl2N5/c1-10-6-11(2)16(14(19)7-10)22-15-9-20-24-17(23-15)21-13-5-3-4-12(18)8-13/h3-9H,1-2H3,(H2,21,22,23,24). The lowest BCUT2D eigenvalue weighted by atomic mass is 10.1. The van der Waals surface area contributed by atoms with Crippen molar-refractivity contribution < 1.29 is 0 Å². The van der Waals surface area contributed by atoms with E-state index in [1.165, 1.54) is 0 Å². The third-order valence-electron chi connectivity index (χ3n) is 3.32. The van der Waals surface area contributed by atoms with Gasteiger partial charge in [0.05, 0.1) is 16.9 Å². The van der Waals surface area contributed by atoms with Gasteiger partial charge in [0.25, 0.3) is 0 Å². The van der Waals surface area contributed by atoms with E-state index in [0.717, 1.165) is 22.5 Å². The molecule has 0 amide bonds. The molecule has 2 aromatic carbocycles. The van der Waals surface area contributed by atoms with Crippen LogP contribution in [0, 0.1) is 13.8 Å². The maximum absolute atomic E-state index is 6.32. The predicted molar refractivity (Wildman–Crippen MR) is 98.8 cm³/mol. The quantitative estimate of drug-likeness (QED) is 0.663. The third kappa shape index (κ3) is 3.93. The summed E-state index contributed by atoms with van der Waals surface area (Å²) < 4.78 is 0. The van der Waals surface area contributed by atoms with E-state index in [0.29, 0.717) is 21.8 Å². The molecule has 0 aliphatic carbocycles. The average molecular weight is 360 g/mol. The molecule has 0 atom stereocenters.